The molecule has 0 radical (unpaired) electrons. The van der Waals surface area contributed by atoms with Gasteiger partial charge in [-0.15, -0.1) is 0 Å². The molecule has 0 fully saturated rings. The average Bonchev–Trinajstić information content (AvgIpc) is 2.86. The predicted molar refractivity (Wildman–Crippen MR) is 100 cm³/mol. The molecule has 1 aliphatic carbocycles. The summed E-state index contributed by atoms with van der Waals surface area (Å²) in [5, 5.41) is 0.270. The van der Waals surface area contributed by atoms with E-state index in [2.05, 4.69) is 0 Å². The molecular formula is C20H16Cl2O2. The van der Waals surface area contributed by atoms with Gasteiger partial charge in [-0.1, -0.05) is 48.0 Å². The van der Waals surface area contributed by atoms with Gasteiger partial charge in [-0.25, -0.2) is 0 Å². The first-order valence-electron chi connectivity index (χ1n) is 7.55. The molecule has 0 saturated carbocycles. The van der Waals surface area contributed by atoms with Gasteiger partial charge in [-0.05, 0) is 58.5 Å². The molecule has 2 aromatic rings. The summed E-state index contributed by atoms with van der Waals surface area (Å²) in [6, 6.07) is 15.6. The monoisotopic (exact) mass is 358 g/mol. The molecule has 0 bridgehead atoms. The van der Waals surface area contributed by atoms with E-state index >= 15 is 0 Å². The Morgan fingerprint density at radius 1 is 1.04 bits per heavy atom. The maximum atomic E-state index is 11.5. The number of benzene rings is 2. The molecule has 0 spiro atoms. The minimum Gasteiger partial charge on any atom is -0.497 e. The van der Waals surface area contributed by atoms with Crippen LogP contribution >= 0.6 is 23.2 Å². The predicted octanol–water partition coefficient (Wildman–Crippen LogP) is 5.74. The highest BCUT2D eigenvalue weighted by atomic mass is 35.5. The molecular weight excluding hydrogens is 343 g/mol. The Morgan fingerprint density at radius 3 is 2.38 bits per heavy atom. The van der Waals surface area contributed by atoms with Crippen LogP contribution in [0.25, 0.3) is 16.2 Å². The summed E-state index contributed by atoms with van der Waals surface area (Å²) in [5.41, 5.74) is 5.69. The van der Waals surface area contributed by atoms with E-state index in [1.807, 2.05) is 55.5 Å². The zero-order valence-electron chi connectivity index (χ0n) is 13.4. The van der Waals surface area contributed by atoms with Crippen LogP contribution in [0.3, 0.4) is 0 Å². The topological polar surface area (TPSA) is 26.3 Å². The number of carbonyl (C=O) groups is 1. The third kappa shape index (κ3) is 3.00. The van der Waals surface area contributed by atoms with Gasteiger partial charge in [0.05, 0.1) is 12.1 Å². The number of hydrogen-bond donors (Lipinski definition) is 0. The van der Waals surface area contributed by atoms with Gasteiger partial charge in [0.25, 0.3) is 0 Å². The maximum Gasteiger partial charge on any atom is 0.226 e. The van der Waals surface area contributed by atoms with E-state index in [0.29, 0.717) is 5.03 Å². The van der Waals surface area contributed by atoms with Crippen LogP contribution in [0.4, 0.5) is 0 Å². The number of halogens is 2. The second-order valence-corrected chi connectivity index (χ2v) is 6.40. The molecule has 0 unspecified atom stereocenters. The summed E-state index contributed by atoms with van der Waals surface area (Å²) in [5.74, 6) is 0.734. The van der Waals surface area contributed by atoms with Crippen molar-refractivity contribution >= 4 is 44.6 Å². The van der Waals surface area contributed by atoms with E-state index in [4.69, 9.17) is 27.9 Å². The molecule has 122 valence electrons. The molecule has 1 aliphatic rings. The van der Waals surface area contributed by atoms with Crippen molar-refractivity contribution < 1.29 is 9.53 Å². The molecule has 0 aromatic heterocycles. The smallest absolute Gasteiger partial charge is 0.226 e. The summed E-state index contributed by atoms with van der Waals surface area (Å²) >= 11 is 12.4. The van der Waals surface area contributed by atoms with E-state index in [-0.39, 0.29) is 6.42 Å². The van der Waals surface area contributed by atoms with Gasteiger partial charge in [-0.3, -0.25) is 4.79 Å². The lowest BCUT2D eigenvalue weighted by atomic mass is 10.00. The van der Waals surface area contributed by atoms with Crippen molar-refractivity contribution in [3.63, 3.8) is 0 Å². The lowest BCUT2D eigenvalue weighted by Crippen LogP contribution is -1.92. The first-order chi connectivity index (χ1) is 11.5. The van der Waals surface area contributed by atoms with Gasteiger partial charge < -0.3 is 4.74 Å². The lowest BCUT2D eigenvalue weighted by molar-refractivity contribution is -0.110. The minimum absolute atomic E-state index is 0.163. The summed E-state index contributed by atoms with van der Waals surface area (Å²) < 4.78 is 5.32. The maximum absolute atomic E-state index is 11.5. The van der Waals surface area contributed by atoms with Crippen LogP contribution in [0.15, 0.2) is 54.1 Å². The molecule has 2 aromatic carbocycles. The molecule has 0 atom stereocenters. The number of ether oxygens (including phenoxy) is 1. The van der Waals surface area contributed by atoms with Crippen LogP contribution in [0.1, 0.15) is 30.0 Å². The first-order valence-corrected chi connectivity index (χ1v) is 8.31. The van der Waals surface area contributed by atoms with Gasteiger partial charge in [-0.2, -0.15) is 0 Å². The number of rotatable bonds is 4. The van der Waals surface area contributed by atoms with E-state index in [9.17, 15) is 4.79 Å². The van der Waals surface area contributed by atoms with Gasteiger partial charge >= 0.3 is 0 Å². The SMILES string of the molecule is COc1ccc2c(c1)C(CC(=O)Cl)=C(C)/C2=C(/Cl)c1ccccc1. The number of carbonyl (C=O) groups excluding carboxylic acids is 1. The summed E-state index contributed by atoms with van der Waals surface area (Å²) in [6.45, 7) is 1.97. The zero-order valence-corrected chi connectivity index (χ0v) is 14.9. The van der Waals surface area contributed by atoms with Crippen molar-refractivity contribution in [2.24, 2.45) is 0 Å². The van der Waals surface area contributed by atoms with E-state index in [1.165, 1.54) is 0 Å². The van der Waals surface area contributed by atoms with E-state index in [0.717, 1.165) is 39.2 Å². The van der Waals surface area contributed by atoms with Gasteiger partial charge in [0.15, 0.2) is 0 Å². The van der Waals surface area contributed by atoms with Gasteiger partial charge in [0.1, 0.15) is 5.75 Å². The number of hydrogen-bond acceptors (Lipinski definition) is 2. The summed E-state index contributed by atoms with van der Waals surface area (Å²) in [7, 11) is 1.62. The van der Waals surface area contributed by atoms with Crippen molar-refractivity contribution in [1.29, 1.82) is 0 Å². The molecule has 2 nitrogen and oxygen atoms in total. The first kappa shape index (κ1) is 16.8. The molecule has 0 heterocycles. The molecule has 0 saturated heterocycles. The third-order valence-electron chi connectivity index (χ3n) is 4.21. The van der Waals surface area contributed by atoms with Crippen molar-refractivity contribution in [3.8, 4) is 5.75 Å². The van der Waals surface area contributed by atoms with E-state index < -0.39 is 5.24 Å². The fourth-order valence-corrected chi connectivity index (χ4v) is 3.55. The van der Waals surface area contributed by atoms with Gasteiger partial charge in [0.2, 0.25) is 5.24 Å². The number of allylic oxidation sites excluding steroid dienone is 3. The molecule has 3 rings (SSSR count). The normalized spacial score (nSPS) is 15.3. The Hall–Kier alpha value is -2.03. The number of methoxy groups -OCH3 is 1. The summed E-state index contributed by atoms with van der Waals surface area (Å²) in [6.07, 6.45) is 0.163. The van der Waals surface area contributed by atoms with Crippen molar-refractivity contribution in [2.75, 3.05) is 7.11 Å². The van der Waals surface area contributed by atoms with Crippen LogP contribution in [0.5, 0.6) is 5.75 Å². The zero-order chi connectivity index (χ0) is 17.3. The van der Waals surface area contributed by atoms with Crippen LogP contribution < -0.4 is 4.74 Å². The Kier molecular flexibility index (Phi) is 4.79. The van der Waals surface area contributed by atoms with Gasteiger partial charge in [0, 0.05) is 12.0 Å². The van der Waals surface area contributed by atoms with Crippen molar-refractivity contribution in [1.82, 2.24) is 0 Å². The number of fused-ring (bicyclic) bond motifs is 1. The second-order valence-electron chi connectivity index (χ2n) is 5.60. The fourth-order valence-electron chi connectivity index (χ4n) is 3.05. The highest BCUT2D eigenvalue weighted by Crippen LogP contribution is 2.48. The standard InChI is InChI=1S/C20H16Cl2O2/c1-12-16(11-18(21)23)17-10-14(24-2)8-9-15(17)19(12)20(22)13-6-4-3-5-7-13/h3-10H,11H2,1-2H3/b20-19-. The highest BCUT2D eigenvalue weighted by molar-refractivity contribution is 6.64. The van der Waals surface area contributed by atoms with Crippen LogP contribution in [0, 0.1) is 0 Å². The lowest BCUT2D eigenvalue weighted by Gasteiger charge is -2.09. The van der Waals surface area contributed by atoms with E-state index in [1.54, 1.807) is 7.11 Å². The second kappa shape index (κ2) is 6.84. The molecule has 4 heteroatoms. The molecule has 0 N–H and O–H groups in total. The molecule has 0 amide bonds. The Bertz CT molecular complexity index is 864. The highest BCUT2D eigenvalue weighted by Gasteiger charge is 2.27. The largest absolute Gasteiger partial charge is 0.497 e. The Labute approximate surface area is 151 Å². The van der Waals surface area contributed by atoms with Crippen molar-refractivity contribution in [3.05, 3.63) is 70.8 Å². The Balaban J connectivity index is 2.25. The Morgan fingerprint density at radius 2 is 1.75 bits per heavy atom. The van der Waals surface area contributed by atoms with Crippen LogP contribution in [-0.4, -0.2) is 12.4 Å². The quantitative estimate of drug-likeness (QED) is 0.650. The fraction of sp³-hybridized carbons (Fsp3) is 0.150. The minimum atomic E-state index is -0.393. The summed E-state index contributed by atoms with van der Waals surface area (Å²) in [4.78, 5) is 11.5. The molecule has 0 aliphatic heterocycles. The van der Waals surface area contributed by atoms with Crippen molar-refractivity contribution in [2.45, 2.75) is 13.3 Å². The average molecular weight is 359 g/mol. The third-order valence-corrected chi connectivity index (χ3v) is 4.75. The molecule has 24 heavy (non-hydrogen) atoms. The van der Waals surface area contributed by atoms with Crippen LogP contribution in [0.2, 0.25) is 0 Å². The van der Waals surface area contributed by atoms with Crippen LogP contribution in [-0.2, 0) is 4.79 Å².